The maximum atomic E-state index is 12.5. The van der Waals surface area contributed by atoms with Gasteiger partial charge in [0.1, 0.15) is 5.69 Å². The molecule has 3 aromatic rings. The number of nitrogens with one attached hydrogen (secondary N) is 1. The number of rotatable bonds is 7. The molecule has 9 nitrogen and oxygen atoms in total. The smallest absolute Gasteiger partial charge is 0.290 e. The molecule has 3 heterocycles. The van der Waals surface area contributed by atoms with Crippen molar-refractivity contribution in [1.82, 2.24) is 29.3 Å². The Balaban J connectivity index is 1.41. The van der Waals surface area contributed by atoms with Crippen LogP contribution in [0.3, 0.4) is 0 Å². The molecule has 0 amide bonds. The van der Waals surface area contributed by atoms with Crippen LogP contribution in [0.4, 0.5) is 5.69 Å². The minimum absolute atomic E-state index is 0.186. The van der Waals surface area contributed by atoms with E-state index in [1.165, 1.54) is 4.68 Å². The van der Waals surface area contributed by atoms with E-state index in [9.17, 15) is 4.79 Å². The van der Waals surface area contributed by atoms with E-state index >= 15 is 0 Å². The Hall–Kier alpha value is -3.10. The van der Waals surface area contributed by atoms with Crippen molar-refractivity contribution in [3.8, 4) is 5.88 Å². The van der Waals surface area contributed by atoms with Crippen molar-refractivity contribution in [1.29, 1.82) is 0 Å². The summed E-state index contributed by atoms with van der Waals surface area (Å²) in [5, 5.41) is 16.4. The van der Waals surface area contributed by atoms with Gasteiger partial charge in [-0.2, -0.15) is 10.2 Å². The van der Waals surface area contributed by atoms with E-state index in [1.807, 2.05) is 43.5 Å². The largest absolute Gasteiger partial charge is 0.476 e. The number of nitrogens with zero attached hydrogens (tertiary/aromatic N) is 6. The fourth-order valence-electron chi connectivity index (χ4n) is 3.65. The lowest BCUT2D eigenvalue weighted by Gasteiger charge is -2.11. The van der Waals surface area contributed by atoms with Gasteiger partial charge in [0.05, 0.1) is 18.0 Å². The van der Waals surface area contributed by atoms with Crippen molar-refractivity contribution in [2.75, 3.05) is 11.9 Å². The highest BCUT2D eigenvalue weighted by Crippen LogP contribution is 2.46. The van der Waals surface area contributed by atoms with Crippen LogP contribution in [-0.4, -0.2) is 35.9 Å². The summed E-state index contributed by atoms with van der Waals surface area (Å²) < 4.78 is 10.9. The predicted molar refractivity (Wildman–Crippen MR) is 109 cm³/mol. The molecule has 1 saturated carbocycles. The van der Waals surface area contributed by atoms with Crippen molar-refractivity contribution >= 4 is 5.69 Å². The number of hydrogen-bond acceptors (Lipinski definition) is 6. The van der Waals surface area contributed by atoms with Crippen LogP contribution < -0.4 is 15.6 Å². The molecular formula is C20H27N7O2. The average Bonchev–Trinajstić information content (AvgIpc) is 3.26. The summed E-state index contributed by atoms with van der Waals surface area (Å²) in [4.78, 5) is 12.5. The standard InChI is InChI=1S/C20H27N7O2/c1-12-16(13(2)26(4)22-12)10-21-18-9-19(24-27(5)20(18)28)29-11-14-8-15(14)17-6-7-25(3)23-17/h6-7,9,14-15,21H,8,10-11H2,1-5H3. The first-order valence-corrected chi connectivity index (χ1v) is 9.77. The second kappa shape index (κ2) is 7.38. The SMILES string of the molecule is Cc1nn(C)c(C)c1CNc1cc(OCC2CC2c2ccn(C)n2)nn(C)c1=O. The quantitative estimate of drug-likeness (QED) is 0.652. The maximum Gasteiger partial charge on any atom is 0.290 e. The zero-order valence-electron chi connectivity index (χ0n) is 17.5. The van der Waals surface area contributed by atoms with Gasteiger partial charge in [0, 0.05) is 63.0 Å². The Kier molecular flexibility index (Phi) is 4.89. The van der Waals surface area contributed by atoms with Crippen LogP contribution in [0, 0.1) is 19.8 Å². The van der Waals surface area contributed by atoms with Crippen molar-refractivity contribution in [2.24, 2.45) is 27.1 Å². The van der Waals surface area contributed by atoms with Crippen LogP contribution in [0.15, 0.2) is 23.1 Å². The normalized spacial score (nSPS) is 18.1. The molecule has 1 N–H and O–H groups in total. The van der Waals surface area contributed by atoms with Gasteiger partial charge in [-0.15, -0.1) is 5.10 Å². The van der Waals surface area contributed by atoms with Crippen molar-refractivity contribution in [3.05, 3.63) is 51.3 Å². The number of ether oxygens (including phenoxy) is 1. The highest BCUT2D eigenvalue weighted by molar-refractivity contribution is 5.44. The number of hydrogen-bond donors (Lipinski definition) is 1. The van der Waals surface area contributed by atoms with Crippen LogP contribution in [0.25, 0.3) is 0 Å². The summed E-state index contributed by atoms with van der Waals surface area (Å²) in [5.41, 5.74) is 4.51. The Labute approximate surface area is 169 Å². The van der Waals surface area contributed by atoms with E-state index in [4.69, 9.17) is 4.74 Å². The molecule has 1 aliphatic rings. The molecule has 2 atom stereocenters. The molecule has 0 aromatic carbocycles. The van der Waals surface area contributed by atoms with Gasteiger partial charge in [0.2, 0.25) is 5.88 Å². The molecule has 0 saturated heterocycles. The fourth-order valence-corrected chi connectivity index (χ4v) is 3.65. The van der Waals surface area contributed by atoms with Gasteiger partial charge >= 0.3 is 0 Å². The van der Waals surface area contributed by atoms with Gasteiger partial charge in [0.15, 0.2) is 0 Å². The fraction of sp³-hybridized carbons (Fsp3) is 0.500. The minimum atomic E-state index is -0.186. The number of anilines is 1. The lowest BCUT2D eigenvalue weighted by atomic mass is 10.2. The molecule has 0 aliphatic heterocycles. The molecule has 2 unspecified atom stereocenters. The van der Waals surface area contributed by atoms with Crippen molar-refractivity contribution < 1.29 is 4.74 Å². The lowest BCUT2D eigenvalue weighted by Crippen LogP contribution is -2.24. The van der Waals surface area contributed by atoms with Crippen LogP contribution in [0.1, 0.15) is 35.0 Å². The third-order valence-electron chi connectivity index (χ3n) is 5.64. The highest BCUT2D eigenvalue weighted by atomic mass is 16.5. The molecule has 0 bridgehead atoms. The maximum absolute atomic E-state index is 12.5. The van der Waals surface area contributed by atoms with E-state index in [0.717, 1.165) is 29.1 Å². The van der Waals surface area contributed by atoms with Gasteiger partial charge in [0.25, 0.3) is 5.56 Å². The van der Waals surface area contributed by atoms with E-state index < -0.39 is 0 Å². The first kappa shape index (κ1) is 19.2. The van der Waals surface area contributed by atoms with Crippen LogP contribution in [0.5, 0.6) is 5.88 Å². The van der Waals surface area contributed by atoms with Gasteiger partial charge < -0.3 is 10.1 Å². The molecule has 4 rings (SSSR count). The molecule has 1 aliphatic carbocycles. The third kappa shape index (κ3) is 3.90. The second-order valence-corrected chi connectivity index (χ2v) is 7.78. The van der Waals surface area contributed by atoms with Gasteiger partial charge in [-0.3, -0.25) is 14.2 Å². The molecular weight excluding hydrogens is 370 g/mol. The summed E-state index contributed by atoms with van der Waals surface area (Å²) in [6.07, 6.45) is 3.02. The molecule has 29 heavy (non-hydrogen) atoms. The summed E-state index contributed by atoms with van der Waals surface area (Å²) >= 11 is 0. The predicted octanol–water partition coefficient (Wildman–Crippen LogP) is 1.66. The van der Waals surface area contributed by atoms with E-state index in [2.05, 4.69) is 26.7 Å². The lowest BCUT2D eigenvalue weighted by molar-refractivity contribution is 0.278. The molecule has 3 aromatic heterocycles. The molecule has 154 valence electrons. The summed E-state index contributed by atoms with van der Waals surface area (Å²) in [6, 6.07) is 3.74. The molecule has 9 heteroatoms. The second-order valence-electron chi connectivity index (χ2n) is 7.78. The monoisotopic (exact) mass is 397 g/mol. The third-order valence-corrected chi connectivity index (χ3v) is 5.64. The summed E-state index contributed by atoms with van der Waals surface area (Å²) in [5.74, 6) is 1.32. The van der Waals surface area contributed by atoms with E-state index in [1.54, 1.807) is 13.1 Å². The number of aromatic nitrogens is 6. The first-order chi connectivity index (χ1) is 13.8. The van der Waals surface area contributed by atoms with Gasteiger partial charge in [-0.25, -0.2) is 4.68 Å². The van der Waals surface area contributed by atoms with E-state index in [0.29, 0.717) is 36.6 Å². The minimum Gasteiger partial charge on any atom is -0.476 e. The topological polar surface area (TPSA) is 91.8 Å². The van der Waals surface area contributed by atoms with Gasteiger partial charge in [-0.1, -0.05) is 0 Å². The Morgan fingerprint density at radius 3 is 2.62 bits per heavy atom. The summed E-state index contributed by atoms with van der Waals surface area (Å²) in [7, 11) is 5.48. The van der Waals surface area contributed by atoms with Gasteiger partial charge in [-0.05, 0) is 26.3 Å². The average molecular weight is 397 g/mol. The Morgan fingerprint density at radius 2 is 1.97 bits per heavy atom. The van der Waals surface area contributed by atoms with Crippen LogP contribution in [-0.2, 0) is 27.7 Å². The molecule has 1 fully saturated rings. The first-order valence-electron chi connectivity index (χ1n) is 9.77. The Morgan fingerprint density at radius 1 is 1.17 bits per heavy atom. The van der Waals surface area contributed by atoms with Crippen molar-refractivity contribution in [3.63, 3.8) is 0 Å². The zero-order chi connectivity index (χ0) is 20.7. The van der Waals surface area contributed by atoms with Crippen LogP contribution in [0.2, 0.25) is 0 Å². The van der Waals surface area contributed by atoms with Crippen molar-refractivity contribution in [2.45, 2.75) is 32.7 Å². The Bertz CT molecular complexity index is 1090. The van der Waals surface area contributed by atoms with E-state index in [-0.39, 0.29) is 5.56 Å². The number of aryl methyl sites for hydroxylation is 4. The zero-order valence-corrected chi connectivity index (χ0v) is 17.5. The molecule has 0 radical (unpaired) electrons. The molecule has 0 spiro atoms. The summed E-state index contributed by atoms with van der Waals surface area (Å²) in [6.45, 7) is 5.07. The highest BCUT2D eigenvalue weighted by Gasteiger charge is 2.40. The van der Waals surface area contributed by atoms with Crippen LogP contribution >= 0.6 is 0 Å².